The Balaban J connectivity index is 1.93. The Morgan fingerprint density at radius 2 is 2.35 bits per heavy atom. The first-order valence-electron chi connectivity index (χ1n) is 5.66. The van der Waals surface area contributed by atoms with Crippen LogP contribution >= 0.6 is 0 Å². The first-order chi connectivity index (χ1) is 8.31. The molecule has 1 aliphatic rings. The number of carbonyl (C=O) groups excluding carboxylic acids is 1. The highest BCUT2D eigenvalue weighted by atomic mass is 16.5. The predicted molar refractivity (Wildman–Crippen MR) is 62.4 cm³/mol. The quantitative estimate of drug-likeness (QED) is 0.795. The summed E-state index contributed by atoms with van der Waals surface area (Å²) in [5.74, 6) is 0.687. The lowest BCUT2D eigenvalue weighted by atomic mass is 9.96. The monoisotopic (exact) mass is 230 g/mol. The molecule has 4 nitrogen and oxygen atoms in total. The van der Waals surface area contributed by atoms with Crippen molar-refractivity contribution in [1.29, 1.82) is 5.26 Å². The average Bonchev–Trinajstić information content (AvgIpc) is 2.38. The number of para-hydroxylation sites is 1. The van der Waals surface area contributed by atoms with E-state index in [1.165, 1.54) is 0 Å². The lowest BCUT2D eigenvalue weighted by molar-refractivity contribution is -0.126. The molecule has 1 aromatic rings. The molecule has 0 aromatic heterocycles. The Morgan fingerprint density at radius 3 is 3.18 bits per heavy atom. The molecule has 0 saturated heterocycles. The van der Waals surface area contributed by atoms with Crippen LogP contribution in [0.1, 0.15) is 12.0 Å². The van der Waals surface area contributed by atoms with Crippen molar-refractivity contribution in [3.05, 3.63) is 29.8 Å². The summed E-state index contributed by atoms with van der Waals surface area (Å²) in [7, 11) is 0. The molecule has 4 heteroatoms. The highest BCUT2D eigenvalue weighted by Crippen LogP contribution is 2.26. The highest BCUT2D eigenvalue weighted by Gasteiger charge is 2.25. The van der Waals surface area contributed by atoms with Gasteiger partial charge in [0.25, 0.3) is 0 Å². The SMILES string of the molecule is N#CCCNC(=O)C1COc2ccccc2C1. The van der Waals surface area contributed by atoms with Crippen LogP contribution in [-0.2, 0) is 11.2 Å². The second-order valence-electron chi connectivity index (χ2n) is 4.02. The molecule has 0 aliphatic carbocycles. The molecule has 0 radical (unpaired) electrons. The van der Waals surface area contributed by atoms with Crippen LogP contribution in [0.2, 0.25) is 0 Å². The zero-order chi connectivity index (χ0) is 12.1. The van der Waals surface area contributed by atoms with Crippen LogP contribution in [0.4, 0.5) is 0 Å². The number of hydrogen-bond acceptors (Lipinski definition) is 3. The smallest absolute Gasteiger partial charge is 0.226 e. The Morgan fingerprint density at radius 1 is 1.53 bits per heavy atom. The van der Waals surface area contributed by atoms with Gasteiger partial charge in [-0.05, 0) is 18.1 Å². The molecule has 1 amide bonds. The number of rotatable bonds is 3. The van der Waals surface area contributed by atoms with E-state index in [0.717, 1.165) is 11.3 Å². The number of nitrogens with one attached hydrogen (secondary N) is 1. The molecule has 0 bridgehead atoms. The lowest BCUT2D eigenvalue weighted by Crippen LogP contribution is -2.37. The minimum atomic E-state index is -0.149. The van der Waals surface area contributed by atoms with Gasteiger partial charge in [0.2, 0.25) is 5.91 Å². The minimum absolute atomic E-state index is 0.0326. The zero-order valence-corrected chi connectivity index (χ0v) is 9.48. The number of nitriles is 1. The summed E-state index contributed by atoms with van der Waals surface area (Å²) < 4.78 is 5.54. The summed E-state index contributed by atoms with van der Waals surface area (Å²) in [6.45, 7) is 0.822. The van der Waals surface area contributed by atoms with Gasteiger partial charge in [0.15, 0.2) is 0 Å². The largest absolute Gasteiger partial charge is 0.492 e. The molecule has 17 heavy (non-hydrogen) atoms. The summed E-state index contributed by atoms with van der Waals surface area (Å²) in [5.41, 5.74) is 1.07. The van der Waals surface area contributed by atoms with E-state index in [1.807, 2.05) is 30.3 Å². The molecule has 0 saturated carbocycles. The van der Waals surface area contributed by atoms with Gasteiger partial charge >= 0.3 is 0 Å². The fraction of sp³-hybridized carbons (Fsp3) is 0.385. The van der Waals surface area contributed by atoms with Crippen LogP contribution in [0.15, 0.2) is 24.3 Å². The molecule has 1 aromatic carbocycles. The first kappa shape index (κ1) is 11.5. The van der Waals surface area contributed by atoms with Gasteiger partial charge in [-0.1, -0.05) is 18.2 Å². The molecule has 1 aliphatic heterocycles. The topological polar surface area (TPSA) is 62.1 Å². The Kier molecular flexibility index (Phi) is 3.61. The summed E-state index contributed by atoms with van der Waals surface area (Å²) in [6, 6.07) is 9.75. The van der Waals surface area contributed by atoms with E-state index in [-0.39, 0.29) is 11.8 Å². The molecule has 0 fully saturated rings. The summed E-state index contributed by atoms with van der Waals surface area (Å²) in [4.78, 5) is 11.8. The van der Waals surface area contributed by atoms with Crippen molar-refractivity contribution in [3.8, 4) is 11.8 Å². The van der Waals surface area contributed by atoms with Crippen LogP contribution in [0, 0.1) is 17.2 Å². The van der Waals surface area contributed by atoms with Crippen LogP contribution in [0.5, 0.6) is 5.75 Å². The van der Waals surface area contributed by atoms with E-state index in [4.69, 9.17) is 10.00 Å². The molecule has 1 unspecified atom stereocenters. The Bertz CT molecular complexity index is 451. The number of nitrogens with zero attached hydrogens (tertiary/aromatic N) is 1. The standard InChI is InChI=1S/C13H14N2O2/c14-6-3-7-15-13(16)11-8-10-4-1-2-5-12(10)17-9-11/h1-2,4-5,11H,3,7-9H2,(H,15,16). The van der Waals surface area contributed by atoms with Gasteiger partial charge in [0.1, 0.15) is 12.4 Å². The van der Waals surface area contributed by atoms with E-state index in [2.05, 4.69) is 5.32 Å². The van der Waals surface area contributed by atoms with Crippen molar-refractivity contribution in [2.45, 2.75) is 12.8 Å². The second-order valence-corrected chi connectivity index (χ2v) is 4.02. The van der Waals surface area contributed by atoms with E-state index >= 15 is 0 Å². The molecule has 0 spiro atoms. The van der Waals surface area contributed by atoms with Crippen molar-refractivity contribution >= 4 is 5.91 Å². The summed E-state index contributed by atoms with van der Waals surface area (Å²) >= 11 is 0. The van der Waals surface area contributed by atoms with Crippen LogP contribution < -0.4 is 10.1 Å². The number of benzene rings is 1. The van der Waals surface area contributed by atoms with Crippen molar-refractivity contribution in [2.24, 2.45) is 5.92 Å². The van der Waals surface area contributed by atoms with Crippen molar-refractivity contribution < 1.29 is 9.53 Å². The normalized spacial score (nSPS) is 17.5. The van der Waals surface area contributed by atoms with Gasteiger partial charge < -0.3 is 10.1 Å². The molecular weight excluding hydrogens is 216 g/mol. The second kappa shape index (κ2) is 5.35. The fourth-order valence-electron chi connectivity index (χ4n) is 1.88. The Labute approximate surface area is 100 Å². The van der Waals surface area contributed by atoms with Crippen molar-refractivity contribution in [1.82, 2.24) is 5.32 Å². The minimum Gasteiger partial charge on any atom is -0.492 e. The van der Waals surface area contributed by atoms with Gasteiger partial charge in [0, 0.05) is 6.54 Å². The maximum atomic E-state index is 11.8. The van der Waals surface area contributed by atoms with Crippen molar-refractivity contribution in [2.75, 3.05) is 13.2 Å². The van der Waals surface area contributed by atoms with Gasteiger partial charge in [-0.15, -0.1) is 0 Å². The van der Waals surface area contributed by atoms with Gasteiger partial charge in [-0.2, -0.15) is 5.26 Å². The van der Waals surface area contributed by atoms with Crippen LogP contribution in [0.25, 0.3) is 0 Å². The van der Waals surface area contributed by atoms with Crippen molar-refractivity contribution in [3.63, 3.8) is 0 Å². The van der Waals surface area contributed by atoms with E-state index in [1.54, 1.807) is 0 Å². The average molecular weight is 230 g/mol. The van der Waals surface area contributed by atoms with Gasteiger partial charge in [-0.3, -0.25) is 4.79 Å². The molecule has 1 N–H and O–H groups in total. The Hall–Kier alpha value is -2.02. The lowest BCUT2D eigenvalue weighted by Gasteiger charge is -2.24. The number of fused-ring (bicyclic) bond motifs is 1. The highest BCUT2D eigenvalue weighted by molar-refractivity contribution is 5.79. The number of ether oxygens (including phenoxy) is 1. The van der Waals surface area contributed by atoms with E-state index in [9.17, 15) is 4.79 Å². The molecule has 88 valence electrons. The van der Waals surface area contributed by atoms with E-state index < -0.39 is 0 Å². The van der Waals surface area contributed by atoms with Crippen LogP contribution in [0.3, 0.4) is 0 Å². The fourth-order valence-corrected chi connectivity index (χ4v) is 1.88. The number of hydrogen-bond donors (Lipinski definition) is 1. The molecule has 1 heterocycles. The molecular formula is C13H14N2O2. The summed E-state index contributed by atoms with van der Waals surface area (Å²) in [5, 5.41) is 11.1. The first-order valence-corrected chi connectivity index (χ1v) is 5.66. The maximum Gasteiger partial charge on any atom is 0.226 e. The summed E-state index contributed by atoms with van der Waals surface area (Å²) in [6.07, 6.45) is 1.05. The van der Waals surface area contributed by atoms with E-state index in [0.29, 0.717) is 26.0 Å². The number of amides is 1. The zero-order valence-electron chi connectivity index (χ0n) is 9.48. The van der Waals surface area contributed by atoms with Gasteiger partial charge in [-0.25, -0.2) is 0 Å². The van der Waals surface area contributed by atoms with Gasteiger partial charge in [0.05, 0.1) is 18.4 Å². The third-order valence-electron chi connectivity index (χ3n) is 2.79. The predicted octanol–water partition coefficient (Wildman–Crippen LogP) is 1.27. The molecule has 2 rings (SSSR count). The third-order valence-corrected chi connectivity index (χ3v) is 2.79. The van der Waals surface area contributed by atoms with Crippen LogP contribution in [-0.4, -0.2) is 19.1 Å². The maximum absolute atomic E-state index is 11.8. The third kappa shape index (κ3) is 2.76. The number of carbonyl (C=O) groups is 1. The molecule has 1 atom stereocenters.